The van der Waals surface area contributed by atoms with E-state index in [4.69, 9.17) is 11.6 Å². The Bertz CT molecular complexity index is 636. The molecular weight excluding hydrogens is 288 g/mol. The SMILES string of the molecule is Cc1ccc(C(=O)CCC(=O)Nc2ccc(Cl)cn2)cc1. The molecule has 5 heteroatoms. The maximum Gasteiger partial charge on any atom is 0.225 e. The van der Waals surface area contributed by atoms with Crippen LogP contribution in [0.4, 0.5) is 5.82 Å². The molecule has 0 aliphatic heterocycles. The van der Waals surface area contributed by atoms with Crippen LogP contribution in [-0.2, 0) is 4.79 Å². The maximum absolute atomic E-state index is 11.9. The van der Waals surface area contributed by atoms with Crippen LogP contribution < -0.4 is 5.32 Å². The summed E-state index contributed by atoms with van der Waals surface area (Å²) in [6.07, 6.45) is 1.74. The summed E-state index contributed by atoms with van der Waals surface area (Å²) in [5.41, 5.74) is 1.72. The lowest BCUT2D eigenvalue weighted by Gasteiger charge is -2.04. The Morgan fingerprint density at radius 3 is 2.43 bits per heavy atom. The number of Topliss-reactive ketones (excluding diaryl/α,β-unsaturated/α-hetero) is 1. The maximum atomic E-state index is 11.9. The molecule has 0 saturated heterocycles. The van der Waals surface area contributed by atoms with Gasteiger partial charge in [0.1, 0.15) is 5.82 Å². The molecular formula is C16H15ClN2O2. The van der Waals surface area contributed by atoms with Gasteiger partial charge in [0.25, 0.3) is 0 Å². The van der Waals surface area contributed by atoms with E-state index >= 15 is 0 Å². The Kier molecular flexibility index (Phi) is 5.06. The number of aryl methyl sites for hydroxylation is 1. The molecule has 0 radical (unpaired) electrons. The summed E-state index contributed by atoms with van der Waals surface area (Å²) < 4.78 is 0. The average molecular weight is 303 g/mol. The summed E-state index contributed by atoms with van der Waals surface area (Å²) in [5, 5.41) is 3.13. The summed E-state index contributed by atoms with van der Waals surface area (Å²) in [6, 6.07) is 10.6. The zero-order valence-corrected chi connectivity index (χ0v) is 12.4. The quantitative estimate of drug-likeness (QED) is 0.858. The topological polar surface area (TPSA) is 59.1 Å². The van der Waals surface area contributed by atoms with Gasteiger partial charge in [-0.15, -0.1) is 0 Å². The third-order valence-corrected chi connectivity index (χ3v) is 3.17. The van der Waals surface area contributed by atoms with Crippen LogP contribution in [0.2, 0.25) is 5.02 Å². The first-order valence-corrected chi connectivity index (χ1v) is 6.93. The number of hydrogen-bond donors (Lipinski definition) is 1. The highest BCUT2D eigenvalue weighted by Gasteiger charge is 2.09. The van der Waals surface area contributed by atoms with E-state index in [1.807, 2.05) is 19.1 Å². The number of rotatable bonds is 5. The molecule has 0 unspecified atom stereocenters. The first-order valence-electron chi connectivity index (χ1n) is 6.56. The van der Waals surface area contributed by atoms with Gasteiger partial charge in [-0.05, 0) is 19.1 Å². The number of pyridine rings is 1. The average Bonchev–Trinajstić information content (AvgIpc) is 2.48. The van der Waals surface area contributed by atoms with Crippen molar-refractivity contribution in [1.29, 1.82) is 0 Å². The molecule has 1 aromatic carbocycles. The van der Waals surface area contributed by atoms with Crippen LogP contribution >= 0.6 is 11.6 Å². The van der Waals surface area contributed by atoms with E-state index in [-0.39, 0.29) is 24.5 Å². The number of ketones is 1. The molecule has 108 valence electrons. The number of anilines is 1. The second kappa shape index (κ2) is 6.99. The lowest BCUT2D eigenvalue weighted by molar-refractivity contribution is -0.116. The third kappa shape index (κ3) is 4.68. The van der Waals surface area contributed by atoms with Gasteiger partial charge in [0, 0.05) is 24.6 Å². The molecule has 0 aliphatic carbocycles. The molecule has 1 heterocycles. The van der Waals surface area contributed by atoms with Crippen molar-refractivity contribution in [3.63, 3.8) is 0 Å². The molecule has 2 rings (SSSR count). The predicted molar refractivity (Wildman–Crippen MR) is 82.6 cm³/mol. The predicted octanol–water partition coefficient (Wildman–Crippen LogP) is 3.65. The van der Waals surface area contributed by atoms with Gasteiger partial charge in [-0.3, -0.25) is 9.59 Å². The highest BCUT2D eigenvalue weighted by Crippen LogP contribution is 2.11. The first-order chi connectivity index (χ1) is 10.0. The molecule has 1 N–H and O–H groups in total. The van der Waals surface area contributed by atoms with Gasteiger partial charge < -0.3 is 5.32 Å². The highest BCUT2D eigenvalue weighted by molar-refractivity contribution is 6.30. The van der Waals surface area contributed by atoms with Crippen LogP contribution in [0.15, 0.2) is 42.6 Å². The molecule has 0 atom stereocenters. The largest absolute Gasteiger partial charge is 0.311 e. The molecule has 0 spiro atoms. The van der Waals surface area contributed by atoms with Crippen LogP contribution in [0.5, 0.6) is 0 Å². The smallest absolute Gasteiger partial charge is 0.225 e. The molecule has 0 aliphatic rings. The van der Waals surface area contributed by atoms with Gasteiger partial charge in [-0.2, -0.15) is 0 Å². The zero-order valence-electron chi connectivity index (χ0n) is 11.6. The number of benzene rings is 1. The number of carbonyl (C=O) groups is 2. The van der Waals surface area contributed by atoms with Crippen molar-refractivity contribution in [1.82, 2.24) is 4.98 Å². The monoisotopic (exact) mass is 302 g/mol. The summed E-state index contributed by atoms with van der Waals surface area (Å²) >= 11 is 5.71. The Balaban J connectivity index is 1.84. The van der Waals surface area contributed by atoms with Crippen molar-refractivity contribution in [2.75, 3.05) is 5.32 Å². The normalized spacial score (nSPS) is 10.2. The Hall–Kier alpha value is -2.20. The van der Waals surface area contributed by atoms with Crippen molar-refractivity contribution in [2.45, 2.75) is 19.8 Å². The first kappa shape index (κ1) is 15.2. The molecule has 0 fully saturated rings. The van der Waals surface area contributed by atoms with Gasteiger partial charge in [0.2, 0.25) is 5.91 Å². The zero-order chi connectivity index (χ0) is 15.2. The minimum Gasteiger partial charge on any atom is -0.311 e. The van der Waals surface area contributed by atoms with Gasteiger partial charge in [-0.25, -0.2) is 4.98 Å². The minimum atomic E-state index is -0.245. The molecule has 1 aromatic heterocycles. The van der Waals surface area contributed by atoms with E-state index in [0.29, 0.717) is 16.4 Å². The number of carbonyl (C=O) groups excluding carboxylic acids is 2. The van der Waals surface area contributed by atoms with E-state index in [1.54, 1.807) is 24.3 Å². The third-order valence-electron chi connectivity index (χ3n) is 2.95. The second-order valence-electron chi connectivity index (χ2n) is 4.70. The number of nitrogens with zero attached hydrogens (tertiary/aromatic N) is 1. The van der Waals surface area contributed by atoms with Crippen molar-refractivity contribution in [2.24, 2.45) is 0 Å². The minimum absolute atomic E-state index is 0.0470. The van der Waals surface area contributed by atoms with Crippen LogP contribution in [-0.4, -0.2) is 16.7 Å². The van der Waals surface area contributed by atoms with Crippen LogP contribution in [0, 0.1) is 6.92 Å². The standard InChI is InChI=1S/C16H15ClN2O2/c1-11-2-4-12(5-3-11)14(20)7-9-16(21)19-15-8-6-13(17)10-18-15/h2-6,8,10H,7,9H2,1H3,(H,18,19,21). The van der Waals surface area contributed by atoms with E-state index < -0.39 is 0 Å². The van der Waals surface area contributed by atoms with Crippen LogP contribution in [0.3, 0.4) is 0 Å². The number of halogens is 1. The molecule has 1 amide bonds. The number of nitrogens with one attached hydrogen (secondary N) is 1. The summed E-state index contributed by atoms with van der Waals surface area (Å²) in [5.74, 6) is 0.131. The van der Waals surface area contributed by atoms with E-state index in [2.05, 4.69) is 10.3 Å². The van der Waals surface area contributed by atoms with Crippen LogP contribution in [0.1, 0.15) is 28.8 Å². The van der Waals surface area contributed by atoms with E-state index in [0.717, 1.165) is 5.56 Å². The summed E-state index contributed by atoms with van der Waals surface area (Å²) in [4.78, 5) is 27.7. The van der Waals surface area contributed by atoms with Gasteiger partial charge in [-0.1, -0.05) is 41.4 Å². The fourth-order valence-corrected chi connectivity index (χ4v) is 1.88. The van der Waals surface area contributed by atoms with Crippen LogP contribution in [0.25, 0.3) is 0 Å². The van der Waals surface area contributed by atoms with Gasteiger partial charge in [0.05, 0.1) is 5.02 Å². The molecule has 0 bridgehead atoms. The number of hydrogen-bond acceptors (Lipinski definition) is 3. The number of aromatic nitrogens is 1. The van der Waals surface area contributed by atoms with Crippen molar-refractivity contribution in [3.05, 3.63) is 58.7 Å². The van der Waals surface area contributed by atoms with Gasteiger partial charge in [0.15, 0.2) is 5.78 Å². The van der Waals surface area contributed by atoms with E-state index in [9.17, 15) is 9.59 Å². The Morgan fingerprint density at radius 2 is 1.81 bits per heavy atom. The lowest BCUT2D eigenvalue weighted by atomic mass is 10.1. The molecule has 0 saturated carbocycles. The Morgan fingerprint density at radius 1 is 1.10 bits per heavy atom. The fourth-order valence-electron chi connectivity index (χ4n) is 1.77. The number of amides is 1. The second-order valence-corrected chi connectivity index (χ2v) is 5.14. The molecule has 21 heavy (non-hydrogen) atoms. The van der Waals surface area contributed by atoms with Crippen molar-refractivity contribution < 1.29 is 9.59 Å². The summed E-state index contributed by atoms with van der Waals surface area (Å²) in [7, 11) is 0. The summed E-state index contributed by atoms with van der Waals surface area (Å²) in [6.45, 7) is 1.96. The van der Waals surface area contributed by atoms with Gasteiger partial charge >= 0.3 is 0 Å². The van der Waals surface area contributed by atoms with E-state index in [1.165, 1.54) is 6.20 Å². The fraction of sp³-hybridized carbons (Fsp3) is 0.188. The Labute approximate surface area is 128 Å². The van der Waals surface area contributed by atoms with Crippen molar-refractivity contribution in [3.8, 4) is 0 Å². The lowest BCUT2D eigenvalue weighted by Crippen LogP contribution is -2.14. The highest BCUT2D eigenvalue weighted by atomic mass is 35.5. The molecule has 4 nitrogen and oxygen atoms in total. The van der Waals surface area contributed by atoms with Crippen molar-refractivity contribution >= 4 is 29.1 Å². The molecule has 2 aromatic rings.